The third kappa shape index (κ3) is 10.2. The number of hydrogen-bond acceptors (Lipinski definition) is 4. The van der Waals surface area contributed by atoms with Gasteiger partial charge in [-0.15, -0.1) is 11.3 Å². The second kappa shape index (κ2) is 11.5. The molecular weight excluding hydrogens is 393 g/mol. The number of unbranched alkanes of at least 4 members (excludes halogenated alkanes) is 2. The summed E-state index contributed by atoms with van der Waals surface area (Å²) in [6.45, 7) is 1.57. The molecule has 1 saturated carbocycles. The Kier molecular flexibility index (Phi) is 9.69. The second-order valence-electron chi connectivity index (χ2n) is 8.24. The van der Waals surface area contributed by atoms with E-state index < -0.39 is 13.4 Å². The molecule has 5 nitrogen and oxygen atoms in total. The molecule has 4 N–H and O–H groups in total. The molecule has 1 aromatic rings. The minimum atomic E-state index is -4.48. The summed E-state index contributed by atoms with van der Waals surface area (Å²) in [6.07, 6.45) is 13.3. The van der Waals surface area contributed by atoms with E-state index in [1.165, 1.54) is 56.2 Å². The van der Waals surface area contributed by atoms with Crippen LogP contribution in [-0.2, 0) is 15.5 Å². The summed E-state index contributed by atoms with van der Waals surface area (Å²) in [6, 6.07) is 4.09. The third-order valence-corrected chi connectivity index (χ3v) is 6.79. The molecule has 0 aliphatic heterocycles. The summed E-state index contributed by atoms with van der Waals surface area (Å²) in [7, 11) is -4.48. The largest absolute Gasteiger partial charge is 0.469 e. The summed E-state index contributed by atoms with van der Waals surface area (Å²) in [4.78, 5) is 19.8. The first-order valence-electron chi connectivity index (χ1n) is 10.3. The van der Waals surface area contributed by atoms with Crippen LogP contribution in [0.3, 0.4) is 0 Å². The molecule has 28 heavy (non-hydrogen) atoms. The highest BCUT2D eigenvalue weighted by Crippen LogP contribution is 2.37. The van der Waals surface area contributed by atoms with Crippen molar-refractivity contribution in [1.29, 1.82) is 0 Å². The second-order valence-corrected chi connectivity index (χ2v) is 10.6. The minimum absolute atomic E-state index is 0.170. The summed E-state index contributed by atoms with van der Waals surface area (Å²) in [5.41, 5.74) is 5.28. The molecule has 0 aromatic carbocycles. The fourth-order valence-electron chi connectivity index (χ4n) is 3.56. The van der Waals surface area contributed by atoms with Crippen LogP contribution in [0, 0.1) is 17.8 Å². The van der Waals surface area contributed by atoms with Gasteiger partial charge in [0.25, 0.3) is 0 Å². The Balaban J connectivity index is 1.65. The maximum absolute atomic E-state index is 10.8. The first-order chi connectivity index (χ1) is 13.2. The molecule has 1 aliphatic carbocycles. The SMILES string of the molecule is CC(N)(CCc1ccc(C#CCCCCC2CCCCC2)s1)COP(=O)(O)O. The van der Waals surface area contributed by atoms with Gasteiger partial charge in [-0.2, -0.15) is 0 Å². The number of rotatable bonds is 10. The summed E-state index contributed by atoms with van der Waals surface area (Å²) in [5.74, 6) is 7.51. The molecule has 158 valence electrons. The number of phosphoric ester groups is 1. The predicted molar refractivity (Wildman–Crippen MR) is 115 cm³/mol. The van der Waals surface area contributed by atoms with Gasteiger partial charge in [0.05, 0.1) is 11.5 Å². The van der Waals surface area contributed by atoms with Crippen LogP contribution < -0.4 is 5.73 Å². The summed E-state index contributed by atoms with van der Waals surface area (Å²) in [5, 5.41) is 0. The van der Waals surface area contributed by atoms with Gasteiger partial charge in [-0.3, -0.25) is 4.52 Å². The van der Waals surface area contributed by atoms with Gasteiger partial charge in [-0.05, 0) is 44.2 Å². The van der Waals surface area contributed by atoms with Crippen molar-refractivity contribution in [2.45, 2.75) is 83.1 Å². The van der Waals surface area contributed by atoms with Crippen molar-refractivity contribution in [3.8, 4) is 11.8 Å². The highest BCUT2D eigenvalue weighted by Gasteiger charge is 2.24. The zero-order valence-corrected chi connectivity index (χ0v) is 18.6. The van der Waals surface area contributed by atoms with Crippen molar-refractivity contribution >= 4 is 19.2 Å². The first kappa shape index (κ1) is 23.6. The molecule has 1 fully saturated rings. The Morgan fingerprint density at radius 1 is 1.29 bits per heavy atom. The molecule has 2 rings (SSSR count). The highest BCUT2D eigenvalue weighted by molar-refractivity contribution is 7.46. The van der Waals surface area contributed by atoms with Gasteiger partial charge in [0.2, 0.25) is 0 Å². The number of aryl methyl sites for hydroxylation is 1. The van der Waals surface area contributed by atoms with Crippen LogP contribution in [0.25, 0.3) is 0 Å². The summed E-state index contributed by atoms with van der Waals surface area (Å²) >= 11 is 1.66. The third-order valence-electron chi connectivity index (χ3n) is 5.27. The average molecular weight is 428 g/mol. The van der Waals surface area contributed by atoms with Gasteiger partial charge in [0.15, 0.2) is 0 Å². The molecule has 0 radical (unpaired) electrons. The van der Waals surface area contributed by atoms with E-state index in [1.807, 2.05) is 6.07 Å². The van der Waals surface area contributed by atoms with Crippen LogP contribution in [0.1, 0.15) is 80.9 Å². The highest BCUT2D eigenvalue weighted by atomic mass is 32.1. The number of thiophene rings is 1. The predicted octanol–water partition coefficient (Wildman–Crippen LogP) is 5.00. The fourth-order valence-corrected chi connectivity index (χ4v) is 4.91. The lowest BCUT2D eigenvalue weighted by Crippen LogP contribution is -2.41. The molecule has 1 heterocycles. The van der Waals surface area contributed by atoms with Crippen molar-refractivity contribution in [2.75, 3.05) is 6.61 Å². The first-order valence-corrected chi connectivity index (χ1v) is 12.6. The Morgan fingerprint density at radius 3 is 2.75 bits per heavy atom. The van der Waals surface area contributed by atoms with Gasteiger partial charge in [-0.1, -0.05) is 56.8 Å². The van der Waals surface area contributed by atoms with E-state index in [1.54, 1.807) is 18.3 Å². The van der Waals surface area contributed by atoms with Gasteiger partial charge in [0.1, 0.15) is 0 Å². The molecule has 0 bridgehead atoms. The van der Waals surface area contributed by atoms with Gasteiger partial charge < -0.3 is 15.5 Å². The van der Waals surface area contributed by atoms with Crippen molar-refractivity contribution in [2.24, 2.45) is 11.7 Å². The van der Waals surface area contributed by atoms with Crippen LogP contribution >= 0.6 is 19.2 Å². The standard InChI is InChI=1S/C21H34NO4PS/c1-21(22,17-26-27(23,24)25)16-15-20-14-13-19(28-20)12-8-3-2-5-9-18-10-6-4-7-11-18/h13-14,18H,2-7,9-11,15-17,22H2,1H3,(H2,23,24,25). The molecule has 1 aromatic heterocycles. The summed E-state index contributed by atoms with van der Waals surface area (Å²) < 4.78 is 15.3. The van der Waals surface area contributed by atoms with Crippen LogP contribution in [0.15, 0.2) is 12.1 Å². The Bertz CT molecular complexity index is 695. The number of nitrogens with two attached hydrogens (primary N) is 1. The number of phosphoric acid groups is 1. The monoisotopic (exact) mass is 427 g/mol. The van der Waals surface area contributed by atoms with Crippen LogP contribution in [0.4, 0.5) is 0 Å². The lowest BCUT2D eigenvalue weighted by Gasteiger charge is -2.24. The fraction of sp³-hybridized carbons (Fsp3) is 0.714. The normalized spacial score (nSPS) is 17.7. The molecule has 1 atom stereocenters. The molecule has 1 aliphatic rings. The van der Waals surface area contributed by atoms with Crippen molar-refractivity contribution in [3.05, 3.63) is 21.9 Å². The maximum Gasteiger partial charge on any atom is 0.469 e. The van der Waals surface area contributed by atoms with Gasteiger partial charge in [0, 0.05) is 16.8 Å². The van der Waals surface area contributed by atoms with E-state index in [0.29, 0.717) is 6.42 Å². The Morgan fingerprint density at radius 2 is 2.04 bits per heavy atom. The zero-order chi connectivity index (χ0) is 20.5. The number of hydrogen-bond donors (Lipinski definition) is 3. The minimum Gasteiger partial charge on any atom is -0.323 e. The van der Waals surface area contributed by atoms with E-state index in [2.05, 4.69) is 22.4 Å². The Hall–Kier alpha value is -0.670. The molecule has 0 spiro atoms. The topological polar surface area (TPSA) is 92.8 Å². The van der Waals surface area contributed by atoms with Crippen LogP contribution in [-0.4, -0.2) is 21.9 Å². The van der Waals surface area contributed by atoms with E-state index in [0.717, 1.165) is 23.6 Å². The van der Waals surface area contributed by atoms with Crippen molar-refractivity contribution in [1.82, 2.24) is 0 Å². The molecule has 1 unspecified atom stereocenters. The van der Waals surface area contributed by atoms with Crippen LogP contribution in [0.5, 0.6) is 0 Å². The van der Waals surface area contributed by atoms with Gasteiger partial charge in [-0.25, -0.2) is 4.57 Å². The smallest absolute Gasteiger partial charge is 0.323 e. The van der Waals surface area contributed by atoms with E-state index in [9.17, 15) is 4.57 Å². The maximum atomic E-state index is 10.8. The average Bonchev–Trinajstić information content (AvgIpc) is 3.10. The molecule has 7 heteroatoms. The lowest BCUT2D eigenvalue weighted by atomic mass is 9.86. The van der Waals surface area contributed by atoms with E-state index >= 15 is 0 Å². The van der Waals surface area contributed by atoms with Crippen LogP contribution in [0.2, 0.25) is 0 Å². The quantitative estimate of drug-likeness (QED) is 0.278. The van der Waals surface area contributed by atoms with Gasteiger partial charge >= 0.3 is 7.82 Å². The van der Waals surface area contributed by atoms with E-state index in [4.69, 9.17) is 15.5 Å². The van der Waals surface area contributed by atoms with E-state index in [-0.39, 0.29) is 6.61 Å². The molecule has 0 saturated heterocycles. The van der Waals surface area contributed by atoms with Crippen molar-refractivity contribution < 1.29 is 18.9 Å². The zero-order valence-electron chi connectivity index (χ0n) is 16.9. The molecular formula is C21H34NO4PS. The Labute approximate surface area is 173 Å². The molecule has 0 amide bonds. The lowest BCUT2D eigenvalue weighted by molar-refractivity contribution is 0.154. The van der Waals surface area contributed by atoms with Crippen molar-refractivity contribution in [3.63, 3.8) is 0 Å².